The standard InChI is InChI=1S/C12H6ClN5O/c13-7-1-3-8(4-2-7)18-12(19)9(5-14)11(16)10(6-15)17-18/h1-4H,16H2. The van der Waals surface area contributed by atoms with Crippen LogP contribution in [0.2, 0.25) is 5.02 Å². The van der Waals surface area contributed by atoms with Gasteiger partial charge in [0.1, 0.15) is 17.7 Å². The van der Waals surface area contributed by atoms with E-state index in [2.05, 4.69) is 5.10 Å². The van der Waals surface area contributed by atoms with Crippen molar-refractivity contribution < 1.29 is 0 Å². The molecule has 0 fully saturated rings. The zero-order chi connectivity index (χ0) is 14.0. The number of aromatic nitrogens is 2. The average molecular weight is 272 g/mol. The van der Waals surface area contributed by atoms with Crippen molar-refractivity contribution in [1.29, 1.82) is 10.5 Å². The second-order valence-corrected chi connectivity index (χ2v) is 3.99. The maximum absolute atomic E-state index is 12.0. The van der Waals surface area contributed by atoms with Gasteiger partial charge in [-0.25, -0.2) is 0 Å². The van der Waals surface area contributed by atoms with Crippen LogP contribution in [-0.2, 0) is 0 Å². The Morgan fingerprint density at radius 2 is 1.84 bits per heavy atom. The summed E-state index contributed by atoms with van der Waals surface area (Å²) in [5, 5.41) is 22.2. The lowest BCUT2D eigenvalue weighted by Crippen LogP contribution is -2.26. The van der Waals surface area contributed by atoms with Crippen LogP contribution in [0.1, 0.15) is 11.3 Å². The number of nitrogens with zero attached hydrogens (tertiary/aromatic N) is 4. The summed E-state index contributed by atoms with van der Waals surface area (Å²) in [6, 6.07) is 9.67. The number of benzene rings is 1. The normalized spacial score (nSPS) is 9.63. The van der Waals surface area contributed by atoms with E-state index < -0.39 is 5.56 Å². The number of anilines is 1. The molecule has 2 rings (SSSR count). The molecule has 2 aromatic rings. The van der Waals surface area contributed by atoms with Gasteiger partial charge in [0.2, 0.25) is 0 Å². The van der Waals surface area contributed by atoms with E-state index in [-0.39, 0.29) is 16.9 Å². The molecule has 1 aromatic carbocycles. The van der Waals surface area contributed by atoms with E-state index in [1.807, 2.05) is 0 Å². The van der Waals surface area contributed by atoms with Gasteiger partial charge in [-0.1, -0.05) is 11.6 Å². The third-order valence-corrected chi connectivity index (χ3v) is 2.67. The molecule has 0 bridgehead atoms. The first-order valence-corrected chi connectivity index (χ1v) is 5.45. The van der Waals surface area contributed by atoms with Gasteiger partial charge < -0.3 is 5.73 Å². The SMILES string of the molecule is N#Cc1nn(-c2ccc(Cl)cc2)c(=O)c(C#N)c1N. The van der Waals surface area contributed by atoms with Crippen LogP contribution >= 0.6 is 11.6 Å². The Balaban J connectivity index is 2.79. The Kier molecular flexibility index (Phi) is 3.19. The fourth-order valence-electron chi connectivity index (χ4n) is 1.49. The smallest absolute Gasteiger partial charge is 0.291 e. The van der Waals surface area contributed by atoms with Gasteiger partial charge in [-0.2, -0.15) is 20.3 Å². The number of hydrogen-bond acceptors (Lipinski definition) is 5. The van der Waals surface area contributed by atoms with E-state index in [0.717, 1.165) is 4.68 Å². The van der Waals surface area contributed by atoms with Crippen molar-refractivity contribution in [2.24, 2.45) is 0 Å². The van der Waals surface area contributed by atoms with Crippen LogP contribution in [-0.4, -0.2) is 9.78 Å². The first kappa shape index (κ1) is 12.6. The van der Waals surface area contributed by atoms with Gasteiger partial charge in [0.25, 0.3) is 5.56 Å². The van der Waals surface area contributed by atoms with Crippen molar-refractivity contribution >= 4 is 17.3 Å². The Hall–Kier alpha value is -2.83. The highest BCUT2D eigenvalue weighted by Crippen LogP contribution is 2.14. The zero-order valence-electron chi connectivity index (χ0n) is 9.46. The minimum absolute atomic E-state index is 0.175. The Bertz CT molecular complexity index is 780. The number of halogens is 1. The molecule has 0 radical (unpaired) electrons. The topological polar surface area (TPSA) is 108 Å². The second-order valence-electron chi connectivity index (χ2n) is 3.55. The quantitative estimate of drug-likeness (QED) is 0.838. The first-order valence-electron chi connectivity index (χ1n) is 5.07. The number of nitriles is 2. The minimum Gasteiger partial charge on any atom is -0.395 e. The molecule has 0 aliphatic heterocycles. The minimum atomic E-state index is -0.679. The van der Waals surface area contributed by atoms with Crippen molar-refractivity contribution in [1.82, 2.24) is 9.78 Å². The largest absolute Gasteiger partial charge is 0.395 e. The molecule has 0 aliphatic rings. The molecule has 0 spiro atoms. The highest BCUT2D eigenvalue weighted by atomic mass is 35.5. The fraction of sp³-hybridized carbons (Fsp3) is 0. The molecule has 0 amide bonds. The van der Waals surface area contributed by atoms with Crippen molar-refractivity contribution in [3.8, 4) is 17.8 Å². The fourth-order valence-corrected chi connectivity index (χ4v) is 1.61. The van der Waals surface area contributed by atoms with Crippen LogP contribution in [0.4, 0.5) is 5.69 Å². The summed E-state index contributed by atoms with van der Waals surface area (Å²) in [6.07, 6.45) is 0. The summed E-state index contributed by atoms with van der Waals surface area (Å²) in [5.41, 5.74) is 4.56. The van der Waals surface area contributed by atoms with Crippen LogP contribution in [0, 0.1) is 22.7 Å². The Morgan fingerprint density at radius 3 is 2.37 bits per heavy atom. The van der Waals surface area contributed by atoms with E-state index in [1.54, 1.807) is 36.4 Å². The molecule has 0 aliphatic carbocycles. The van der Waals surface area contributed by atoms with E-state index in [0.29, 0.717) is 10.7 Å². The van der Waals surface area contributed by atoms with Crippen LogP contribution in [0.5, 0.6) is 0 Å². The molecule has 1 heterocycles. The lowest BCUT2D eigenvalue weighted by atomic mass is 10.2. The molecule has 7 heteroatoms. The van der Waals surface area contributed by atoms with Gasteiger partial charge in [0, 0.05) is 5.02 Å². The summed E-state index contributed by atoms with van der Waals surface area (Å²) in [5.74, 6) is 0. The van der Waals surface area contributed by atoms with Crippen molar-refractivity contribution in [2.75, 3.05) is 5.73 Å². The molecule has 0 unspecified atom stereocenters. The van der Waals surface area contributed by atoms with Gasteiger partial charge in [-0.3, -0.25) is 4.79 Å². The number of nitrogens with two attached hydrogens (primary N) is 1. The molecular weight excluding hydrogens is 266 g/mol. The average Bonchev–Trinajstić information content (AvgIpc) is 2.41. The van der Waals surface area contributed by atoms with Gasteiger partial charge in [0.15, 0.2) is 5.69 Å². The van der Waals surface area contributed by atoms with Gasteiger partial charge in [-0.15, -0.1) is 0 Å². The molecule has 0 saturated carbocycles. The monoisotopic (exact) mass is 271 g/mol. The molecule has 2 N–H and O–H groups in total. The maximum Gasteiger partial charge on any atom is 0.291 e. The summed E-state index contributed by atoms with van der Waals surface area (Å²) >= 11 is 5.75. The van der Waals surface area contributed by atoms with Crippen molar-refractivity contribution in [3.63, 3.8) is 0 Å². The Morgan fingerprint density at radius 1 is 1.21 bits per heavy atom. The third-order valence-electron chi connectivity index (χ3n) is 2.42. The van der Waals surface area contributed by atoms with Crippen LogP contribution < -0.4 is 11.3 Å². The van der Waals surface area contributed by atoms with E-state index in [4.69, 9.17) is 27.9 Å². The van der Waals surface area contributed by atoms with Crippen LogP contribution in [0.3, 0.4) is 0 Å². The van der Waals surface area contributed by atoms with E-state index >= 15 is 0 Å². The van der Waals surface area contributed by atoms with E-state index in [9.17, 15) is 4.79 Å². The van der Waals surface area contributed by atoms with Crippen LogP contribution in [0.25, 0.3) is 5.69 Å². The number of hydrogen-bond donors (Lipinski definition) is 1. The molecule has 19 heavy (non-hydrogen) atoms. The predicted octanol–water partition coefficient (Wildman–Crippen LogP) is 1.21. The lowest BCUT2D eigenvalue weighted by molar-refractivity contribution is 0.796. The molecule has 92 valence electrons. The summed E-state index contributed by atoms with van der Waals surface area (Å²) in [6.45, 7) is 0. The predicted molar refractivity (Wildman–Crippen MR) is 68.7 cm³/mol. The number of rotatable bonds is 1. The maximum atomic E-state index is 12.0. The van der Waals surface area contributed by atoms with Crippen molar-refractivity contribution in [3.05, 3.63) is 50.9 Å². The summed E-state index contributed by atoms with van der Waals surface area (Å²) < 4.78 is 0.948. The summed E-state index contributed by atoms with van der Waals surface area (Å²) in [7, 11) is 0. The highest BCUT2D eigenvalue weighted by molar-refractivity contribution is 6.30. The Labute approximate surface area is 112 Å². The third kappa shape index (κ3) is 2.13. The van der Waals surface area contributed by atoms with Crippen molar-refractivity contribution in [2.45, 2.75) is 0 Å². The zero-order valence-corrected chi connectivity index (χ0v) is 10.2. The van der Waals surface area contributed by atoms with E-state index in [1.165, 1.54) is 0 Å². The second kappa shape index (κ2) is 4.81. The summed E-state index contributed by atoms with van der Waals surface area (Å²) in [4.78, 5) is 12.0. The first-order chi connectivity index (χ1) is 9.08. The molecule has 0 atom stereocenters. The number of nitrogen functional groups attached to an aromatic ring is 1. The van der Waals surface area contributed by atoms with Gasteiger partial charge >= 0.3 is 0 Å². The van der Waals surface area contributed by atoms with Gasteiger partial charge in [-0.05, 0) is 24.3 Å². The molecule has 1 aromatic heterocycles. The molecular formula is C12H6ClN5O. The molecule has 0 saturated heterocycles. The molecule has 6 nitrogen and oxygen atoms in total. The van der Waals surface area contributed by atoms with Gasteiger partial charge in [0.05, 0.1) is 11.4 Å². The lowest BCUT2D eigenvalue weighted by Gasteiger charge is -2.07. The highest BCUT2D eigenvalue weighted by Gasteiger charge is 2.15. The van der Waals surface area contributed by atoms with Crippen LogP contribution in [0.15, 0.2) is 29.1 Å².